The molecule has 0 aliphatic carbocycles. The zero-order chi connectivity index (χ0) is 21.1. The number of nitrogens with zero attached hydrogens (tertiary/aromatic N) is 3. The molecule has 1 N–H and O–H groups in total. The minimum absolute atomic E-state index is 0.00472. The fraction of sp³-hybridized carbons (Fsp3) is 0.273. The van der Waals surface area contributed by atoms with E-state index in [9.17, 15) is 9.59 Å². The second-order valence-corrected chi connectivity index (χ2v) is 7.75. The molecule has 3 aromatic rings. The van der Waals surface area contributed by atoms with Crippen molar-refractivity contribution in [3.05, 3.63) is 65.0 Å². The van der Waals surface area contributed by atoms with Crippen LogP contribution in [0.15, 0.2) is 53.1 Å². The van der Waals surface area contributed by atoms with Crippen LogP contribution in [-0.4, -0.2) is 39.9 Å². The molecule has 2 amide bonds. The molecule has 0 saturated carbocycles. The van der Waals surface area contributed by atoms with Crippen molar-refractivity contribution < 1.29 is 14.1 Å². The lowest BCUT2D eigenvalue weighted by Gasteiger charge is -2.31. The third-order valence-corrected chi connectivity index (χ3v) is 5.31. The summed E-state index contributed by atoms with van der Waals surface area (Å²) in [5, 5.41) is 7.43. The van der Waals surface area contributed by atoms with E-state index < -0.39 is 0 Å². The van der Waals surface area contributed by atoms with Crippen LogP contribution in [0, 0.1) is 0 Å². The van der Waals surface area contributed by atoms with Crippen molar-refractivity contribution in [3.8, 4) is 11.4 Å². The molecule has 2 heterocycles. The van der Waals surface area contributed by atoms with Gasteiger partial charge in [-0.2, -0.15) is 4.98 Å². The van der Waals surface area contributed by atoms with Gasteiger partial charge in [0.25, 0.3) is 5.91 Å². The molecule has 7 nitrogen and oxygen atoms in total. The highest BCUT2D eigenvalue weighted by Crippen LogP contribution is 2.29. The molecule has 30 heavy (non-hydrogen) atoms. The third-order valence-electron chi connectivity index (χ3n) is 5.05. The second kappa shape index (κ2) is 8.67. The molecule has 1 fully saturated rings. The largest absolute Gasteiger partial charge is 0.339 e. The highest BCUT2D eigenvalue weighted by molar-refractivity contribution is 6.30. The van der Waals surface area contributed by atoms with E-state index in [1.165, 1.54) is 6.92 Å². The van der Waals surface area contributed by atoms with E-state index in [0.29, 0.717) is 41.1 Å². The number of anilines is 1. The van der Waals surface area contributed by atoms with Crippen molar-refractivity contribution in [1.82, 2.24) is 15.0 Å². The van der Waals surface area contributed by atoms with Crippen molar-refractivity contribution in [2.45, 2.75) is 25.7 Å². The Morgan fingerprint density at radius 3 is 2.57 bits per heavy atom. The monoisotopic (exact) mass is 424 g/mol. The third kappa shape index (κ3) is 4.52. The number of rotatable bonds is 4. The molecule has 1 atom stereocenters. The molecule has 8 heteroatoms. The first-order valence-electron chi connectivity index (χ1n) is 9.76. The van der Waals surface area contributed by atoms with Crippen LogP contribution < -0.4 is 5.32 Å². The van der Waals surface area contributed by atoms with E-state index in [2.05, 4.69) is 15.5 Å². The molecule has 1 unspecified atom stereocenters. The van der Waals surface area contributed by atoms with Gasteiger partial charge in [0, 0.05) is 41.9 Å². The molecule has 1 aliphatic rings. The summed E-state index contributed by atoms with van der Waals surface area (Å²) in [6.07, 6.45) is 1.75. The molecule has 0 bridgehead atoms. The first kappa shape index (κ1) is 20.1. The lowest BCUT2D eigenvalue weighted by Crippen LogP contribution is -2.39. The first-order valence-corrected chi connectivity index (χ1v) is 10.1. The van der Waals surface area contributed by atoms with Crippen LogP contribution in [0.1, 0.15) is 41.9 Å². The van der Waals surface area contributed by atoms with Crippen LogP contribution in [-0.2, 0) is 4.79 Å². The predicted molar refractivity (Wildman–Crippen MR) is 113 cm³/mol. The Labute approximate surface area is 179 Å². The number of aromatic nitrogens is 2. The van der Waals surface area contributed by atoms with E-state index in [-0.39, 0.29) is 17.7 Å². The lowest BCUT2D eigenvalue weighted by atomic mass is 9.97. The number of hydrogen-bond donors (Lipinski definition) is 1. The molecule has 4 rings (SSSR count). The number of likely N-dealkylation sites (tertiary alicyclic amines) is 1. The van der Waals surface area contributed by atoms with Crippen LogP contribution in [0.2, 0.25) is 5.02 Å². The number of hydrogen-bond acceptors (Lipinski definition) is 5. The first-order chi connectivity index (χ1) is 14.5. The Morgan fingerprint density at radius 1 is 1.13 bits per heavy atom. The molecule has 1 aromatic heterocycles. The van der Waals surface area contributed by atoms with Gasteiger partial charge in [-0.1, -0.05) is 16.8 Å². The Balaban J connectivity index is 1.45. The van der Waals surface area contributed by atoms with Gasteiger partial charge >= 0.3 is 0 Å². The standard InChI is InChI=1S/C22H21ClN4O3/c1-14(28)24-19-10-6-15(7-11-19)20-25-21(30-26-20)17-3-2-12-27(13-17)22(29)16-4-8-18(23)9-5-16/h4-11,17H,2-3,12-13H2,1H3,(H,24,28). The smallest absolute Gasteiger partial charge is 0.253 e. The van der Waals surface area contributed by atoms with E-state index in [1.807, 2.05) is 17.0 Å². The number of benzene rings is 2. The number of carbonyl (C=O) groups is 2. The molecule has 154 valence electrons. The topological polar surface area (TPSA) is 88.3 Å². The Bertz CT molecular complexity index is 1050. The van der Waals surface area contributed by atoms with Crippen molar-refractivity contribution in [3.63, 3.8) is 0 Å². The van der Waals surface area contributed by atoms with Crippen LogP contribution >= 0.6 is 11.6 Å². The molecular weight excluding hydrogens is 404 g/mol. The molecule has 2 aromatic carbocycles. The summed E-state index contributed by atoms with van der Waals surface area (Å²) in [6.45, 7) is 2.69. The Morgan fingerprint density at radius 2 is 1.87 bits per heavy atom. The van der Waals surface area contributed by atoms with Crippen LogP contribution in [0.5, 0.6) is 0 Å². The van der Waals surface area contributed by atoms with Crippen molar-refractivity contribution >= 4 is 29.1 Å². The maximum absolute atomic E-state index is 12.8. The zero-order valence-electron chi connectivity index (χ0n) is 16.5. The van der Waals surface area contributed by atoms with Crippen molar-refractivity contribution in [2.24, 2.45) is 0 Å². The van der Waals surface area contributed by atoms with Gasteiger partial charge in [-0.15, -0.1) is 0 Å². The number of amides is 2. The highest BCUT2D eigenvalue weighted by atomic mass is 35.5. The molecular formula is C22H21ClN4O3. The second-order valence-electron chi connectivity index (χ2n) is 7.31. The number of nitrogens with one attached hydrogen (secondary N) is 1. The summed E-state index contributed by atoms with van der Waals surface area (Å²) < 4.78 is 5.52. The van der Waals surface area contributed by atoms with Gasteiger partial charge in [0.15, 0.2) is 0 Å². The minimum atomic E-state index is -0.125. The quantitative estimate of drug-likeness (QED) is 0.671. The molecule has 1 saturated heterocycles. The van der Waals surface area contributed by atoms with Gasteiger partial charge in [-0.05, 0) is 61.4 Å². The zero-order valence-corrected chi connectivity index (χ0v) is 17.2. The van der Waals surface area contributed by atoms with Gasteiger partial charge in [0.2, 0.25) is 17.6 Å². The Kier molecular flexibility index (Phi) is 5.81. The highest BCUT2D eigenvalue weighted by Gasteiger charge is 2.29. The Hall–Kier alpha value is -3.19. The van der Waals surface area contributed by atoms with Crippen molar-refractivity contribution in [2.75, 3.05) is 18.4 Å². The summed E-state index contributed by atoms with van der Waals surface area (Å²) in [5.74, 6) is 0.865. The summed E-state index contributed by atoms with van der Waals surface area (Å²) in [4.78, 5) is 30.3. The minimum Gasteiger partial charge on any atom is -0.339 e. The summed E-state index contributed by atoms with van der Waals surface area (Å²) in [7, 11) is 0. The van der Waals surface area contributed by atoms with Crippen LogP contribution in [0.4, 0.5) is 5.69 Å². The molecule has 0 radical (unpaired) electrons. The normalized spacial score (nSPS) is 16.3. The maximum Gasteiger partial charge on any atom is 0.253 e. The van der Waals surface area contributed by atoms with Gasteiger partial charge in [-0.3, -0.25) is 9.59 Å². The fourth-order valence-corrected chi connectivity index (χ4v) is 3.69. The van der Waals surface area contributed by atoms with E-state index in [1.54, 1.807) is 36.4 Å². The fourth-order valence-electron chi connectivity index (χ4n) is 3.56. The average Bonchev–Trinajstić information content (AvgIpc) is 3.24. The van der Waals surface area contributed by atoms with Crippen LogP contribution in [0.25, 0.3) is 11.4 Å². The van der Waals surface area contributed by atoms with Gasteiger partial charge < -0.3 is 14.7 Å². The molecule has 0 spiro atoms. The van der Waals surface area contributed by atoms with Gasteiger partial charge in [0.05, 0.1) is 5.92 Å². The summed E-state index contributed by atoms with van der Waals surface area (Å²) in [5.41, 5.74) is 2.12. The summed E-state index contributed by atoms with van der Waals surface area (Å²) in [6, 6.07) is 14.2. The van der Waals surface area contributed by atoms with Crippen molar-refractivity contribution in [1.29, 1.82) is 0 Å². The number of carbonyl (C=O) groups excluding carboxylic acids is 2. The predicted octanol–water partition coefficient (Wildman–Crippen LogP) is 4.37. The maximum atomic E-state index is 12.8. The van der Waals surface area contributed by atoms with E-state index in [4.69, 9.17) is 16.1 Å². The van der Waals surface area contributed by atoms with E-state index >= 15 is 0 Å². The van der Waals surface area contributed by atoms with Gasteiger partial charge in [0.1, 0.15) is 0 Å². The van der Waals surface area contributed by atoms with Gasteiger partial charge in [-0.25, -0.2) is 0 Å². The van der Waals surface area contributed by atoms with E-state index in [0.717, 1.165) is 18.4 Å². The SMILES string of the molecule is CC(=O)Nc1ccc(-c2noc(C3CCCN(C(=O)c4ccc(Cl)cc4)C3)n2)cc1. The summed E-state index contributed by atoms with van der Waals surface area (Å²) >= 11 is 5.92. The average molecular weight is 425 g/mol. The number of piperidine rings is 1. The lowest BCUT2D eigenvalue weighted by molar-refractivity contribution is -0.114. The molecule has 1 aliphatic heterocycles. The van der Waals surface area contributed by atoms with Crippen LogP contribution in [0.3, 0.4) is 0 Å². The number of halogens is 1.